The van der Waals surface area contributed by atoms with Crippen molar-refractivity contribution in [3.63, 3.8) is 0 Å². The van der Waals surface area contributed by atoms with Crippen LogP contribution in [0, 0.1) is 0 Å². The Morgan fingerprint density at radius 1 is 1.18 bits per heavy atom. The molecule has 3 N–H and O–H groups in total. The Kier molecular flexibility index (Phi) is 4.93. The summed E-state index contributed by atoms with van der Waals surface area (Å²) >= 11 is 0. The van der Waals surface area contributed by atoms with E-state index in [1.165, 1.54) is 5.56 Å². The van der Waals surface area contributed by atoms with E-state index < -0.39 is 0 Å². The molecule has 4 nitrogen and oxygen atoms in total. The highest BCUT2D eigenvalue weighted by Crippen LogP contribution is 2.32. The molecule has 0 radical (unpaired) electrons. The van der Waals surface area contributed by atoms with Crippen LogP contribution in [0.25, 0.3) is 0 Å². The largest absolute Gasteiger partial charge is 0.492 e. The summed E-state index contributed by atoms with van der Waals surface area (Å²) in [5.41, 5.74) is 7.96. The van der Waals surface area contributed by atoms with Gasteiger partial charge in [0.25, 0.3) is 0 Å². The molecule has 0 bridgehead atoms. The molecule has 3 rings (SSSR count). The van der Waals surface area contributed by atoms with Gasteiger partial charge in [-0.3, -0.25) is 0 Å². The molecule has 4 heteroatoms. The van der Waals surface area contributed by atoms with E-state index in [-0.39, 0.29) is 6.04 Å². The topological polar surface area (TPSA) is 56.5 Å². The molecule has 22 heavy (non-hydrogen) atoms. The van der Waals surface area contributed by atoms with Gasteiger partial charge in [-0.05, 0) is 30.2 Å². The normalized spacial score (nSPS) is 17.2. The fourth-order valence-corrected chi connectivity index (χ4v) is 2.73. The van der Waals surface area contributed by atoms with Gasteiger partial charge >= 0.3 is 0 Å². The quantitative estimate of drug-likeness (QED) is 0.889. The SMILES string of the molecule is NCCOc1ccc2c(c1)C(Cc1ccccc1)NCCO2. The fraction of sp³-hybridized carbons (Fsp3) is 0.333. The van der Waals surface area contributed by atoms with Crippen molar-refractivity contribution in [1.82, 2.24) is 5.32 Å². The summed E-state index contributed by atoms with van der Waals surface area (Å²) in [5, 5.41) is 3.56. The number of hydrogen-bond acceptors (Lipinski definition) is 4. The minimum absolute atomic E-state index is 0.223. The standard InChI is InChI=1S/C18H22N2O2/c19-8-10-21-15-6-7-18-16(13-15)17(20-9-11-22-18)12-14-4-2-1-3-5-14/h1-7,13,17,20H,8-12,19H2. The summed E-state index contributed by atoms with van der Waals surface area (Å²) in [4.78, 5) is 0. The highest BCUT2D eigenvalue weighted by molar-refractivity contribution is 5.43. The minimum Gasteiger partial charge on any atom is -0.492 e. The second kappa shape index (κ2) is 7.29. The molecule has 0 saturated carbocycles. The number of fused-ring (bicyclic) bond motifs is 1. The van der Waals surface area contributed by atoms with Crippen LogP contribution in [0.3, 0.4) is 0 Å². The van der Waals surface area contributed by atoms with Crippen LogP contribution in [-0.2, 0) is 6.42 Å². The van der Waals surface area contributed by atoms with Crippen LogP contribution < -0.4 is 20.5 Å². The molecule has 0 aromatic heterocycles. The van der Waals surface area contributed by atoms with Gasteiger partial charge in [-0.15, -0.1) is 0 Å². The molecule has 0 fully saturated rings. The van der Waals surface area contributed by atoms with E-state index in [1.54, 1.807) is 0 Å². The monoisotopic (exact) mass is 298 g/mol. The maximum Gasteiger partial charge on any atom is 0.124 e. The summed E-state index contributed by atoms with van der Waals surface area (Å²) in [6.07, 6.45) is 0.928. The van der Waals surface area contributed by atoms with Crippen LogP contribution in [0.4, 0.5) is 0 Å². The molecule has 1 atom stereocenters. The van der Waals surface area contributed by atoms with Crippen LogP contribution >= 0.6 is 0 Å². The molecule has 0 amide bonds. The van der Waals surface area contributed by atoms with Gasteiger partial charge in [0.1, 0.15) is 24.7 Å². The first-order chi connectivity index (χ1) is 10.9. The van der Waals surface area contributed by atoms with Gasteiger partial charge in [0.2, 0.25) is 0 Å². The summed E-state index contributed by atoms with van der Waals surface area (Å²) in [6.45, 7) is 2.56. The van der Waals surface area contributed by atoms with Crippen molar-refractivity contribution in [1.29, 1.82) is 0 Å². The zero-order valence-corrected chi connectivity index (χ0v) is 12.6. The van der Waals surface area contributed by atoms with Crippen LogP contribution in [-0.4, -0.2) is 26.3 Å². The highest BCUT2D eigenvalue weighted by atomic mass is 16.5. The van der Waals surface area contributed by atoms with E-state index >= 15 is 0 Å². The van der Waals surface area contributed by atoms with Gasteiger partial charge < -0.3 is 20.5 Å². The molecule has 1 heterocycles. The van der Waals surface area contributed by atoms with E-state index in [4.69, 9.17) is 15.2 Å². The molecule has 0 spiro atoms. The predicted molar refractivity (Wildman–Crippen MR) is 87.4 cm³/mol. The Morgan fingerprint density at radius 2 is 2.05 bits per heavy atom. The Labute approximate surface area is 131 Å². The van der Waals surface area contributed by atoms with Crippen molar-refractivity contribution >= 4 is 0 Å². The van der Waals surface area contributed by atoms with Gasteiger partial charge in [-0.25, -0.2) is 0 Å². The van der Waals surface area contributed by atoms with Gasteiger partial charge in [0, 0.05) is 24.7 Å². The zero-order valence-electron chi connectivity index (χ0n) is 12.6. The summed E-state index contributed by atoms with van der Waals surface area (Å²) < 4.78 is 11.5. The van der Waals surface area contributed by atoms with E-state index in [2.05, 4.69) is 35.6 Å². The molecule has 1 aliphatic rings. The van der Waals surface area contributed by atoms with Gasteiger partial charge in [0.15, 0.2) is 0 Å². The molecule has 1 aliphatic heterocycles. The third-order valence-electron chi connectivity index (χ3n) is 3.78. The smallest absolute Gasteiger partial charge is 0.124 e. The van der Waals surface area contributed by atoms with Crippen LogP contribution in [0.1, 0.15) is 17.2 Å². The Bertz CT molecular complexity index is 601. The summed E-state index contributed by atoms with van der Waals surface area (Å²) in [7, 11) is 0. The van der Waals surface area contributed by atoms with E-state index in [9.17, 15) is 0 Å². The lowest BCUT2D eigenvalue weighted by Crippen LogP contribution is -2.24. The molecule has 0 aliphatic carbocycles. The number of benzene rings is 2. The van der Waals surface area contributed by atoms with Crippen molar-refractivity contribution in [3.05, 3.63) is 59.7 Å². The maximum absolute atomic E-state index is 5.83. The van der Waals surface area contributed by atoms with Crippen molar-refractivity contribution in [3.8, 4) is 11.5 Å². The lowest BCUT2D eigenvalue weighted by Gasteiger charge is -2.19. The number of hydrogen-bond donors (Lipinski definition) is 2. The van der Waals surface area contributed by atoms with Crippen molar-refractivity contribution in [2.24, 2.45) is 5.73 Å². The lowest BCUT2D eigenvalue weighted by atomic mass is 9.98. The number of rotatable bonds is 5. The van der Waals surface area contributed by atoms with Crippen LogP contribution in [0.15, 0.2) is 48.5 Å². The Hall–Kier alpha value is -2.04. The molecule has 0 saturated heterocycles. The number of nitrogens with two attached hydrogens (primary N) is 1. The van der Waals surface area contributed by atoms with E-state index in [0.29, 0.717) is 19.8 Å². The maximum atomic E-state index is 5.83. The minimum atomic E-state index is 0.223. The van der Waals surface area contributed by atoms with E-state index in [1.807, 2.05) is 18.2 Å². The second-order valence-electron chi connectivity index (χ2n) is 5.38. The fourth-order valence-electron chi connectivity index (χ4n) is 2.73. The number of ether oxygens (including phenoxy) is 2. The first kappa shape index (κ1) is 14.9. The van der Waals surface area contributed by atoms with Gasteiger partial charge in [-0.1, -0.05) is 30.3 Å². The third-order valence-corrected chi connectivity index (χ3v) is 3.78. The average molecular weight is 298 g/mol. The molecular formula is C18H22N2O2. The Balaban J connectivity index is 1.85. The summed E-state index contributed by atoms with van der Waals surface area (Å²) in [5.74, 6) is 1.78. The second-order valence-corrected chi connectivity index (χ2v) is 5.38. The van der Waals surface area contributed by atoms with Crippen molar-refractivity contribution in [2.75, 3.05) is 26.3 Å². The number of nitrogens with one attached hydrogen (secondary N) is 1. The first-order valence-electron chi connectivity index (χ1n) is 7.74. The van der Waals surface area contributed by atoms with Gasteiger partial charge in [-0.2, -0.15) is 0 Å². The molecule has 116 valence electrons. The zero-order chi connectivity index (χ0) is 15.2. The van der Waals surface area contributed by atoms with E-state index in [0.717, 1.165) is 30.0 Å². The third kappa shape index (κ3) is 3.59. The molecular weight excluding hydrogens is 276 g/mol. The van der Waals surface area contributed by atoms with Crippen molar-refractivity contribution in [2.45, 2.75) is 12.5 Å². The molecule has 2 aromatic carbocycles. The summed E-state index contributed by atoms with van der Waals surface area (Å²) in [6, 6.07) is 16.7. The molecule has 2 aromatic rings. The van der Waals surface area contributed by atoms with Crippen molar-refractivity contribution < 1.29 is 9.47 Å². The lowest BCUT2D eigenvalue weighted by molar-refractivity contribution is 0.318. The van der Waals surface area contributed by atoms with Crippen LogP contribution in [0.2, 0.25) is 0 Å². The molecule has 1 unspecified atom stereocenters. The van der Waals surface area contributed by atoms with Crippen LogP contribution in [0.5, 0.6) is 11.5 Å². The van der Waals surface area contributed by atoms with Gasteiger partial charge in [0.05, 0.1) is 0 Å². The first-order valence-corrected chi connectivity index (χ1v) is 7.74. The Morgan fingerprint density at radius 3 is 2.86 bits per heavy atom. The predicted octanol–water partition coefficient (Wildman–Crippen LogP) is 2.29. The highest BCUT2D eigenvalue weighted by Gasteiger charge is 2.20. The average Bonchev–Trinajstić information content (AvgIpc) is 2.76.